The zero-order valence-electron chi connectivity index (χ0n) is 19.4. The molecule has 3 aromatic rings. The van der Waals surface area contributed by atoms with Crippen LogP contribution < -0.4 is 10.6 Å². The fourth-order valence-corrected chi connectivity index (χ4v) is 4.14. The van der Waals surface area contributed by atoms with Gasteiger partial charge in [-0.25, -0.2) is 9.18 Å². The molecule has 0 spiro atoms. The molecule has 5 amide bonds. The van der Waals surface area contributed by atoms with Gasteiger partial charge in [-0.1, -0.05) is 60.7 Å². The van der Waals surface area contributed by atoms with Crippen molar-refractivity contribution in [1.29, 1.82) is 0 Å². The summed E-state index contributed by atoms with van der Waals surface area (Å²) >= 11 is 0. The van der Waals surface area contributed by atoms with Crippen molar-refractivity contribution in [2.45, 2.75) is 19.0 Å². The Hall–Kier alpha value is -4.53. The van der Waals surface area contributed by atoms with Crippen LogP contribution in [0.1, 0.15) is 23.6 Å². The number of benzene rings is 3. The minimum absolute atomic E-state index is 0.0775. The summed E-state index contributed by atoms with van der Waals surface area (Å²) in [7, 11) is 0. The third kappa shape index (κ3) is 5.41. The van der Waals surface area contributed by atoms with Gasteiger partial charge in [0.2, 0.25) is 11.8 Å². The van der Waals surface area contributed by atoms with Gasteiger partial charge in [-0.05, 0) is 35.4 Å². The molecule has 1 fully saturated rings. The Bertz CT molecular complexity index is 1250. The second kappa shape index (κ2) is 10.8. The lowest BCUT2D eigenvalue weighted by atomic mass is 10.1. The first-order valence-corrected chi connectivity index (χ1v) is 11.4. The van der Waals surface area contributed by atoms with Crippen molar-refractivity contribution in [2.24, 2.45) is 5.73 Å². The maximum Gasteiger partial charge on any atom is 0.328 e. The molecule has 0 radical (unpaired) electrons. The number of nitrogens with zero attached hydrogens (tertiary/aromatic N) is 3. The molecular formula is C27H25FN4O4. The number of urea groups is 1. The van der Waals surface area contributed by atoms with Crippen LogP contribution in [0.25, 0.3) is 0 Å². The van der Waals surface area contributed by atoms with E-state index in [1.165, 1.54) is 34.1 Å². The van der Waals surface area contributed by atoms with Gasteiger partial charge >= 0.3 is 6.03 Å². The number of hydrogen-bond acceptors (Lipinski definition) is 4. The Morgan fingerprint density at radius 2 is 1.50 bits per heavy atom. The molecule has 1 atom stereocenters. The Labute approximate surface area is 207 Å². The third-order valence-corrected chi connectivity index (χ3v) is 5.91. The number of nitrogens with two attached hydrogens (primary N) is 1. The first-order valence-electron chi connectivity index (χ1n) is 11.4. The van der Waals surface area contributed by atoms with E-state index in [0.717, 1.165) is 10.5 Å². The molecule has 8 nitrogen and oxygen atoms in total. The van der Waals surface area contributed by atoms with Crippen LogP contribution in [0, 0.1) is 5.82 Å². The smallest absolute Gasteiger partial charge is 0.328 e. The van der Waals surface area contributed by atoms with E-state index >= 15 is 0 Å². The highest BCUT2D eigenvalue weighted by Gasteiger charge is 2.46. The van der Waals surface area contributed by atoms with Crippen molar-refractivity contribution in [3.8, 4) is 0 Å². The summed E-state index contributed by atoms with van der Waals surface area (Å²) in [5.74, 6) is -2.24. The topological polar surface area (TPSA) is 104 Å². The Morgan fingerprint density at radius 1 is 0.889 bits per heavy atom. The van der Waals surface area contributed by atoms with E-state index in [1.807, 2.05) is 36.4 Å². The lowest BCUT2D eigenvalue weighted by Gasteiger charge is -2.25. The second-order valence-corrected chi connectivity index (χ2v) is 8.37. The van der Waals surface area contributed by atoms with Crippen LogP contribution in [0.2, 0.25) is 0 Å². The van der Waals surface area contributed by atoms with Crippen molar-refractivity contribution in [3.05, 3.63) is 102 Å². The molecule has 1 aliphatic rings. The largest absolute Gasteiger partial charge is 0.370 e. The third-order valence-electron chi connectivity index (χ3n) is 5.91. The average molecular weight is 489 g/mol. The number of halogens is 1. The summed E-state index contributed by atoms with van der Waals surface area (Å²) in [6.07, 6.45) is -0.141. The molecule has 0 saturated carbocycles. The van der Waals surface area contributed by atoms with Crippen LogP contribution in [0.3, 0.4) is 0 Å². The molecule has 4 rings (SSSR count). The summed E-state index contributed by atoms with van der Waals surface area (Å²) in [6, 6.07) is 21.8. The Kier molecular flexibility index (Phi) is 7.39. The molecule has 36 heavy (non-hydrogen) atoms. The van der Waals surface area contributed by atoms with Crippen molar-refractivity contribution < 1.29 is 23.6 Å². The quantitative estimate of drug-likeness (QED) is 0.467. The van der Waals surface area contributed by atoms with E-state index in [1.54, 1.807) is 24.3 Å². The summed E-state index contributed by atoms with van der Waals surface area (Å²) < 4.78 is 13.4. The highest BCUT2D eigenvalue weighted by atomic mass is 19.1. The summed E-state index contributed by atoms with van der Waals surface area (Å²) in [5.41, 5.74) is 7.05. The van der Waals surface area contributed by atoms with Crippen molar-refractivity contribution in [1.82, 2.24) is 9.80 Å². The van der Waals surface area contributed by atoms with Gasteiger partial charge in [0.25, 0.3) is 5.91 Å². The van der Waals surface area contributed by atoms with Gasteiger partial charge in [0.05, 0.1) is 0 Å². The zero-order valence-corrected chi connectivity index (χ0v) is 19.4. The fraction of sp³-hybridized carbons (Fsp3) is 0.185. The minimum atomic E-state index is -0.892. The van der Waals surface area contributed by atoms with E-state index in [4.69, 9.17) is 5.73 Å². The van der Waals surface area contributed by atoms with Crippen LogP contribution in [0.5, 0.6) is 0 Å². The first-order chi connectivity index (χ1) is 17.3. The molecule has 1 saturated heterocycles. The van der Waals surface area contributed by atoms with Gasteiger partial charge in [0.1, 0.15) is 18.4 Å². The van der Waals surface area contributed by atoms with Crippen molar-refractivity contribution >= 4 is 29.4 Å². The molecule has 3 aromatic carbocycles. The predicted octanol–water partition coefficient (Wildman–Crippen LogP) is 3.24. The first kappa shape index (κ1) is 24.6. The molecule has 1 aliphatic heterocycles. The van der Waals surface area contributed by atoms with Crippen LogP contribution in [0.4, 0.5) is 14.9 Å². The number of carbonyl (C=O) groups excluding carboxylic acids is 4. The number of carbonyl (C=O) groups is 4. The molecule has 0 aromatic heterocycles. The van der Waals surface area contributed by atoms with Crippen molar-refractivity contribution in [3.63, 3.8) is 0 Å². The Morgan fingerprint density at radius 3 is 2.11 bits per heavy atom. The van der Waals surface area contributed by atoms with E-state index in [0.29, 0.717) is 11.3 Å². The Balaban J connectivity index is 1.62. The molecule has 1 heterocycles. The van der Waals surface area contributed by atoms with Crippen LogP contribution in [0.15, 0.2) is 84.9 Å². The number of primary amides is 1. The highest BCUT2D eigenvalue weighted by molar-refractivity contribution is 6.08. The molecular weight excluding hydrogens is 463 g/mol. The number of imide groups is 1. The van der Waals surface area contributed by atoms with Crippen molar-refractivity contribution in [2.75, 3.05) is 18.0 Å². The molecule has 0 bridgehead atoms. The number of anilines is 1. The normalized spacial score (nSPS) is 15.3. The van der Waals surface area contributed by atoms with Gasteiger partial charge < -0.3 is 15.5 Å². The summed E-state index contributed by atoms with van der Waals surface area (Å²) in [5, 5.41) is 0. The number of rotatable bonds is 9. The van der Waals surface area contributed by atoms with E-state index < -0.39 is 42.2 Å². The lowest BCUT2D eigenvalue weighted by molar-refractivity contribution is -0.132. The standard InChI is InChI=1S/C27H25FN4O4/c28-21-11-13-22(14-12-21)30(16-15-23(29)33)24(34)18-32-26(35)25(20-9-5-2-6-10-20)31(27(32)36)17-19-7-3-1-4-8-19/h1-14,25H,15-18H2,(H2,29,33). The van der Waals surface area contributed by atoms with Crippen LogP contribution in [-0.4, -0.2) is 46.6 Å². The lowest BCUT2D eigenvalue weighted by Crippen LogP contribution is -2.44. The minimum Gasteiger partial charge on any atom is -0.370 e. The van der Waals surface area contributed by atoms with E-state index in [9.17, 15) is 23.6 Å². The second-order valence-electron chi connectivity index (χ2n) is 8.37. The highest BCUT2D eigenvalue weighted by Crippen LogP contribution is 2.32. The number of amides is 5. The maximum absolute atomic E-state index is 13.5. The van der Waals surface area contributed by atoms with Crippen LogP contribution in [-0.2, 0) is 20.9 Å². The monoisotopic (exact) mass is 488 g/mol. The summed E-state index contributed by atoms with van der Waals surface area (Å²) in [4.78, 5) is 55.2. The molecule has 184 valence electrons. The zero-order chi connectivity index (χ0) is 25.7. The average Bonchev–Trinajstić information content (AvgIpc) is 3.10. The van der Waals surface area contributed by atoms with Gasteiger partial charge in [0.15, 0.2) is 0 Å². The number of hydrogen-bond donors (Lipinski definition) is 1. The molecule has 2 N–H and O–H groups in total. The van der Waals surface area contributed by atoms with Gasteiger partial charge in [0, 0.05) is 25.2 Å². The molecule has 1 unspecified atom stereocenters. The summed E-state index contributed by atoms with van der Waals surface area (Å²) in [6.45, 7) is -0.437. The maximum atomic E-state index is 13.5. The van der Waals surface area contributed by atoms with Gasteiger partial charge in [-0.15, -0.1) is 0 Å². The van der Waals surface area contributed by atoms with E-state index in [-0.39, 0.29) is 19.5 Å². The van der Waals surface area contributed by atoms with Gasteiger partial charge in [-0.2, -0.15) is 0 Å². The SMILES string of the molecule is NC(=O)CCN(C(=O)CN1C(=O)C(c2ccccc2)N(Cc2ccccc2)C1=O)c1ccc(F)cc1. The molecule has 0 aliphatic carbocycles. The predicted molar refractivity (Wildman–Crippen MR) is 131 cm³/mol. The van der Waals surface area contributed by atoms with Gasteiger partial charge in [-0.3, -0.25) is 19.3 Å². The molecule has 9 heteroatoms. The van der Waals surface area contributed by atoms with Crippen LogP contribution >= 0.6 is 0 Å². The fourth-order valence-electron chi connectivity index (χ4n) is 4.14. The van der Waals surface area contributed by atoms with E-state index in [2.05, 4.69) is 0 Å².